The fourth-order valence-electron chi connectivity index (χ4n) is 3.65. The lowest BCUT2D eigenvalue weighted by atomic mass is 10.2. The molecule has 0 saturated carbocycles. The quantitative estimate of drug-likeness (QED) is 0.551. The van der Waals surface area contributed by atoms with Gasteiger partial charge in [-0.3, -0.25) is 9.79 Å². The zero-order valence-electron chi connectivity index (χ0n) is 17.3. The van der Waals surface area contributed by atoms with Crippen molar-refractivity contribution < 1.29 is 27.8 Å². The van der Waals surface area contributed by atoms with E-state index in [4.69, 9.17) is 9.47 Å². The molecule has 1 aromatic carbocycles. The summed E-state index contributed by atoms with van der Waals surface area (Å²) in [5, 5.41) is 3.24. The molecule has 166 valence electrons. The number of alkyl halides is 2. The van der Waals surface area contributed by atoms with E-state index in [9.17, 15) is 13.6 Å². The molecule has 1 N–H and O–H groups in total. The summed E-state index contributed by atoms with van der Waals surface area (Å²) in [5.74, 6) is 0.991. The molecule has 0 aliphatic carbocycles. The van der Waals surface area contributed by atoms with Crippen molar-refractivity contribution in [2.24, 2.45) is 4.99 Å². The molecule has 0 aromatic heterocycles. The Bertz CT molecular complexity index is 748. The number of piperazine rings is 1. The molecule has 2 fully saturated rings. The lowest BCUT2D eigenvalue weighted by Crippen LogP contribution is -2.55. The zero-order valence-corrected chi connectivity index (χ0v) is 17.3. The Labute approximate surface area is 174 Å². The van der Waals surface area contributed by atoms with E-state index >= 15 is 0 Å². The van der Waals surface area contributed by atoms with Crippen LogP contribution in [0.5, 0.6) is 11.5 Å². The highest BCUT2D eigenvalue weighted by atomic mass is 19.3. The first-order valence-electron chi connectivity index (χ1n) is 9.99. The topological polar surface area (TPSA) is 75.6 Å². The summed E-state index contributed by atoms with van der Waals surface area (Å²) < 4.78 is 40.3. The number of nitrogens with zero attached hydrogens (tertiary/aromatic N) is 3. The predicted octanol–water partition coefficient (Wildman–Crippen LogP) is 1.70. The van der Waals surface area contributed by atoms with Crippen molar-refractivity contribution in [1.29, 1.82) is 0 Å². The number of amides is 1. The van der Waals surface area contributed by atoms with Crippen molar-refractivity contribution in [3.05, 3.63) is 23.8 Å². The fraction of sp³-hybridized carbons (Fsp3) is 0.600. The molecule has 1 amide bonds. The van der Waals surface area contributed by atoms with Crippen LogP contribution in [-0.4, -0.2) is 81.3 Å². The largest absolute Gasteiger partial charge is 0.493 e. The molecular formula is C20H28F2N4O4. The van der Waals surface area contributed by atoms with E-state index in [2.05, 4.69) is 19.9 Å². The van der Waals surface area contributed by atoms with Gasteiger partial charge in [0, 0.05) is 46.4 Å². The number of rotatable bonds is 6. The van der Waals surface area contributed by atoms with Crippen LogP contribution in [0.1, 0.15) is 18.4 Å². The number of benzene rings is 1. The van der Waals surface area contributed by atoms with Gasteiger partial charge in [0.15, 0.2) is 17.5 Å². The molecule has 1 atom stereocenters. The summed E-state index contributed by atoms with van der Waals surface area (Å²) in [7, 11) is 3.09. The minimum Gasteiger partial charge on any atom is -0.493 e. The minimum absolute atomic E-state index is 0.0111. The Balaban J connectivity index is 1.53. The van der Waals surface area contributed by atoms with E-state index in [1.54, 1.807) is 19.2 Å². The van der Waals surface area contributed by atoms with Crippen LogP contribution in [0.2, 0.25) is 0 Å². The number of nitrogens with one attached hydrogen (secondary N) is 1. The standard InChI is InChI=1S/C20H28F2N4O4/c1-23-20(24-13-14-5-6-15(28-2)17(12-14)30-19(21)22)26-9-7-25(8-10-26)18(27)16-4-3-11-29-16/h5-6,12,16,19H,3-4,7-11,13H2,1-2H3,(H,23,24). The summed E-state index contributed by atoms with van der Waals surface area (Å²) >= 11 is 0. The summed E-state index contributed by atoms with van der Waals surface area (Å²) in [6.07, 6.45) is 1.43. The molecule has 1 aromatic rings. The van der Waals surface area contributed by atoms with Crippen LogP contribution in [0, 0.1) is 0 Å². The molecule has 8 nitrogen and oxygen atoms in total. The second kappa shape index (κ2) is 10.4. The van der Waals surface area contributed by atoms with Gasteiger partial charge in [-0.1, -0.05) is 6.07 Å². The molecule has 2 saturated heterocycles. The van der Waals surface area contributed by atoms with Crippen molar-refractivity contribution in [2.45, 2.75) is 32.1 Å². The number of ether oxygens (including phenoxy) is 3. The van der Waals surface area contributed by atoms with Gasteiger partial charge in [-0.2, -0.15) is 8.78 Å². The van der Waals surface area contributed by atoms with E-state index in [-0.39, 0.29) is 23.5 Å². The van der Waals surface area contributed by atoms with Crippen molar-refractivity contribution in [3.8, 4) is 11.5 Å². The number of hydrogen-bond acceptors (Lipinski definition) is 5. The molecular weight excluding hydrogens is 398 g/mol. The van der Waals surface area contributed by atoms with Gasteiger partial charge >= 0.3 is 6.61 Å². The average molecular weight is 426 g/mol. The maximum Gasteiger partial charge on any atom is 0.387 e. The maximum absolute atomic E-state index is 12.6. The van der Waals surface area contributed by atoms with Crippen LogP contribution in [0.25, 0.3) is 0 Å². The van der Waals surface area contributed by atoms with E-state index in [1.807, 2.05) is 4.90 Å². The molecule has 2 aliphatic heterocycles. The van der Waals surface area contributed by atoms with Crippen molar-refractivity contribution >= 4 is 11.9 Å². The van der Waals surface area contributed by atoms with Crippen LogP contribution in [-0.2, 0) is 16.1 Å². The lowest BCUT2D eigenvalue weighted by molar-refractivity contribution is -0.142. The Hall–Kier alpha value is -2.62. The number of guanidine groups is 1. The number of methoxy groups -OCH3 is 1. The molecule has 2 heterocycles. The summed E-state index contributed by atoms with van der Waals surface area (Å²) in [4.78, 5) is 20.7. The first-order chi connectivity index (χ1) is 14.5. The van der Waals surface area contributed by atoms with Crippen molar-refractivity contribution in [2.75, 3.05) is 46.9 Å². The third kappa shape index (κ3) is 5.50. The van der Waals surface area contributed by atoms with Gasteiger partial charge in [-0.15, -0.1) is 0 Å². The second-order valence-electron chi connectivity index (χ2n) is 7.08. The molecule has 0 spiro atoms. The van der Waals surface area contributed by atoms with Gasteiger partial charge < -0.3 is 29.3 Å². The molecule has 2 aliphatic rings. The smallest absolute Gasteiger partial charge is 0.387 e. The number of halogens is 2. The van der Waals surface area contributed by atoms with Crippen LogP contribution in [0.3, 0.4) is 0 Å². The third-order valence-electron chi connectivity index (χ3n) is 5.20. The monoisotopic (exact) mass is 426 g/mol. The Morgan fingerprint density at radius 3 is 2.60 bits per heavy atom. The van der Waals surface area contributed by atoms with Crippen molar-refractivity contribution in [1.82, 2.24) is 15.1 Å². The van der Waals surface area contributed by atoms with Crippen LogP contribution < -0.4 is 14.8 Å². The molecule has 30 heavy (non-hydrogen) atoms. The maximum atomic E-state index is 12.6. The van der Waals surface area contributed by atoms with E-state index in [0.717, 1.165) is 18.4 Å². The lowest BCUT2D eigenvalue weighted by Gasteiger charge is -2.37. The SMILES string of the molecule is CN=C(NCc1ccc(OC)c(OC(F)F)c1)N1CCN(C(=O)C2CCCO2)CC1. The predicted molar refractivity (Wildman–Crippen MR) is 107 cm³/mol. The van der Waals surface area contributed by atoms with Crippen LogP contribution in [0.4, 0.5) is 8.78 Å². The minimum atomic E-state index is -2.93. The van der Waals surface area contributed by atoms with E-state index < -0.39 is 6.61 Å². The van der Waals surface area contributed by atoms with Gasteiger partial charge in [0.05, 0.1) is 7.11 Å². The Morgan fingerprint density at radius 1 is 1.27 bits per heavy atom. The fourth-order valence-corrected chi connectivity index (χ4v) is 3.65. The molecule has 10 heteroatoms. The summed E-state index contributed by atoms with van der Waals surface area (Å²) in [5.41, 5.74) is 0.750. The number of carbonyl (C=O) groups is 1. The van der Waals surface area contributed by atoms with Crippen molar-refractivity contribution in [3.63, 3.8) is 0 Å². The summed E-state index contributed by atoms with van der Waals surface area (Å²) in [6, 6.07) is 4.88. The van der Waals surface area contributed by atoms with Gasteiger partial charge in [0.1, 0.15) is 6.10 Å². The third-order valence-corrected chi connectivity index (χ3v) is 5.20. The Morgan fingerprint density at radius 2 is 2.00 bits per heavy atom. The molecule has 0 bridgehead atoms. The molecule has 3 rings (SSSR count). The molecule has 0 radical (unpaired) electrons. The highest BCUT2D eigenvalue weighted by Crippen LogP contribution is 2.29. The Kier molecular flexibility index (Phi) is 7.67. The van der Waals surface area contributed by atoms with Gasteiger partial charge in [0.25, 0.3) is 5.91 Å². The highest BCUT2D eigenvalue weighted by molar-refractivity contribution is 5.82. The summed E-state index contributed by atoms with van der Waals surface area (Å²) in [6.45, 7) is 0.626. The molecule has 1 unspecified atom stereocenters. The van der Waals surface area contributed by atoms with Crippen LogP contribution in [0.15, 0.2) is 23.2 Å². The van der Waals surface area contributed by atoms with Gasteiger partial charge in [0.2, 0.25) is 0 Å². The first-order valence-corrected chi connectivity index (χ1v) is 9.99. The first kappa shape index (κ1) is 22.1. The number of hydrogen-bond donors (Lipinski definition) is 1. The average Bonchev–Trinajstić information content (AvgIpc) is 3.29. The number of aliphatic imine (C=N–C) groups is 1. The highest BCUT2D eigenvalue weighted by Gasteiger charge is 2.30. The van der Waals surface area contributed by atoms with Gasteiger partial charge in [-0.25, -0.2) is 0 Å². The van der Waals surface area contributed by atoms with E-state index in [1.165, 1.54) is 13.2 Å². The number of carbonyl (C=O) groups excluding carboxylic acids is 1. The van der Waals surface area contributed by atoms with Gasteiger partial charge in [-0.05, 0) is 30.5 Å². The normalized spacial score (nSPS) is 19.9. The van der Waals surface area contributed by atoms with E-state index in [0.29, 0.717) is 45.3 Å². The van der Waals surface area contributed by atoms with Crippen LogP contribution >= 0.6 is 0 Å². The second-order valence-corrected chi connectivity index (χ2v) is 7.08. The zero-order chi connectivity index (χ0) is 21.5.